The van der Waals surface area contributed by atoms with Gasteiger partial charge in [-0.15, -0.1) is 0 Å². The standard InChI is InChI=1S/C13H10Cl2N4/c1-6-2-3-10-13(17-6)19-12(18-10)8-4-7(14)5-9(15)11(8)16/h2-5H,16H2,1H3,(H,17,18,19). The lowest BCUT2D eigenvalue weighted by molar-refractivity contribution is 1.22. The minimum atomic E-state index is 0.409. The lowest BCUT2D eigenvalue weighted by Gasteiger charge is -2.05. The van der Waals surface area contributed by atoms with Gasteiger partial charge in [-0.1, -0.05) is 23.2 Å². The smallest absolute Gasteiger partial charge is 0.178 e. The summed E-state index contributed by atoms with van der Waals surface area (Å²) in [4.78, 5) is 11.9. The number of H-pyrrole nitrogens is 1. The molecule has 0 amide bonds. The van der Waals surface area contributed by atoms with Gasteiger partial charge in [-0.25, -0.2) is 9.97 Å². The molecule has 0 saturated carbocycles. The monoisotopic (exact) mass is 292 g/mol. The number of nitrogens with zero attached hydrogens (tertiary/aromatic N) is 2. The number of halogens is 2. The van der Waals surface area contributed by atoms with E-state index in [1.165, 1.54) is 0 Å². The lowest BCUT2D eigenvalue weighted by atomic mass is 10.1. The molecule has 4 nitrogen and oxygen atoms in total. The first-order valence-corrected chi connectivity index (χ1v) is 6.38. The van der Waals surface area contributed by atoms with Crippen LogP contribution in [0.4, 0.5) is 5.69 Å². The maximum absolute atomic E-state index is 6.03. The summed E-state index contributed by atoms with van der Waals surface area (Å²) in [5, 5.41) is 0.922. The van der Waals surface area contributed by atoms with E-state index in [0.29, 0.717) is 32.8 Å². The third-order valence-corrected chi connectivity index (χ3v) is 3.37. The third kappa shape index (κ3) is 2.13. The summed E-state index contributed by atoms with van der Waals surface area (Å²) >= 11 is 12.0. The van der Waals surface area contributed by atoms with Crippen LogP contribution < -0.4 is 5.73 Å². The van der Waals surface area contributed by atoms with Gasteiger partial charge in [-0.05, 0) is 31.2 Å². The van der Waals surface area contributed by atoms with Crippen molar-refractivity contribution in [3.63, 3.8) is 0 Å². The van der Waals surface area contributed by atoms with Gasteiger partial charge < -0.3 is 10.7 Å². The van der Waals surface area contributed by atoms with Gasteiger partial charge in [0.25, 0.3) is 0 Å². The van der Waals surface area contributed by atoms with Gasteiger partial charge in [0.15, 0.2) is 5.65 Å². The number of rotatable bonds is 1. The number of aryl methyl sites for hydroxylation is 1. The van der Waals surface area contributed by atoms with Crippen molar-refractivity contribution in [3.8, 4) is 11.4 Å². The number of imidazole rings is 1. The van der Waals surface area contributed by atoms with E-state index in [4.69, 9.17) is 28.9 Å². The van der Waals surface area contributed by atoms with Gasteiger partial charge in [0, 0.05) is 16.3 Å². The first-order chi connectivity index (χ1) is 9.04. The number of aromatic nitrogens is 3. The van der Waals surface area contributed by atoms with Crippen LogP contribution in [0.1, 0.15) is 5.69 Å². The maximum Gasteiger partial charge on any atom is 0.178 e. The summed E-state index contributed by atoms with van der Waals surface area (Å²) in [6.07, 6.45) is 0. The molecular formula is C13H10Cl2N4. The average molecular weight is 293 g/mol. The second-order valence-corrected chi connectivity index (χ2v) is 5.10. The van der Waals surface area contributed by atoms with Gasteiger partial charge in [0.1, 0.15) is 5.82 Å². The summed E-state index contributed by atoms with van der Waals surface area (Å²) < 4.78 is 0. The highest BCUT2D eigenvalue weighted by molar-refractivity contribution is 6.37. The van der Waals surface area contributed by atoms with Gasteiger partial charge >= 0.3 is 0 Å². The van der Waals surface area contributed by atoms with Crippen LogP contribution in [-0.2, 0) is 0 Å². The molecule has 3 rings (SSSR count). The highest BCUT2D eigenvalue weighted by Gasteiger charge is 2.12. The molecule has 0 bridgehead atoms. The number of benzene rings is 1. The van der Waals surface area contributed by atoms with E-state index in [-0.39, 0.29) is 0 Å². The molecule has 0 aliphatic rings. The summed E-state index contributed by atoms with van der Waals surface area (Å²) in [7, 11) is 0. The first kappa shape index (κ1) is 12.3. The number of pyridine rings is 1. The largest absolute Gasteiger partial charge is 0.397 e. The van der Waals surface area contributed by atoms with Crippen LogP contribution in [0.5, 0.6) is 0 Å². The Labute approximate surface area is 119 Å². The number of hydrogen-bond donors (Lipinski definition) is 2. The molecule has 0 fully saturated rings. The summed E-state index contributed by atoms with van der Waals surface area (Å²) in [5.74, 6) is 0.606. The average Bonchev–Trinajstić information content (AvgIpc) is 2.76. The molecule has 0 saturated heterocycles. The highest BCUT2D eigenvalue weighted by Crippen LogP contribution is 2.34. The predicted octanol–water partition coefficient (Wildman–Crippen LogP) is 3.82. The molecule has 0 unspecified atom stereocenters. The number of fused-ring (bicyclic) bond motifs is 1. The third-order valence-electron chi connectivity index (χ3n) is 2.83. The molecule has 2 heterocycles. The van der Waals surface area contributed by atoms with Crippen LogP contribution in [0.25, 0.3) is 22.6 Å². The fourth-order valence-electron chi connectivity index (χ4n) is 1.90. The molecule has 3 N–H and O–H groups in total. The van der Waals surface area contributed by atoms with E-state index in [1.807, 2.05) is 19.1 Å². The number of anilines is 1. The zero-order chi connectivity index (χ0) is 13.6. The van der Waals surface area contributed by atoms with Gasteiger partial charge in [0.2, 0.25) is 0 Å². The Morgan fingerprint density at radius 2 is 1.95 bits per heavy atom. The zero-order valence-electron chi connectivity index (χ0n) is 10.0. The Bertz CT molecular complexity index is 780. The van der Waals surface area contributed by atoms with Gasteiger partial charge in [-0.2, -0.15) is 0 Å². The van der Waals surface area contributed by atoms with E-state index in [2.05, 4.69) is 15.0 Å². The Morgan fingerprint density at radius 1 is 1.16 bits per heavy atom. The Morgan fingerprint density at radius 3 is 2.74 bits per heavy atom. The van der Waals surface area contributed by atoms with Crippen LogP contribution in [0.2, 0.25) is 10.0 Å². The first-order valence-electron chi connectivity index (χ1n) is 5.63. The van der Waals surface area contributed by atoms with Crippen molar-refractivity contribution >= 4 is 40.1 Å². The Kier molecular flexibility index (Phi) is 2.84. The van der Waals surface area contributed by atoms with E-state index in [0.717, 1.165) is 11.2 Å². The second kappa shape index (κ2) is 4.40. The molecule has 6 heteroatoms. The zero-order valence-corrected chi connectivity index (χ0v) is 11.5. The molecule has 1 aromatic carbocycles. The van der Waals surface area contributed by atoms with Crippen LogP contribution in [0.3, 0.4) is 0 Å². The van der Waals surface area contributed by atoms with E-state index in [1.54, 1.807) is 12.1 Å². The van der Waals surface area contributed by atoms with Crippen LogP contribution in [0, 0.1) is 6.92 Å². The molecule has 3 aromatic rings. The normalized spacial score (nSPS) is 11.1. The molecule has 0 atom stereocenters. The summed E-state index contributed by atoms with van der Waals surface area (Å²) in [6, 6.07) is 7.18. The van der Waals surface area contributed by atoms with Crippen molar-refractivity contribution in [1.29, 1.82) is 0 Å². The molecule has 19 heavy (non-hydrogen) atoms. The Hall–Kier alpha value is -1.78. The van der Waals surface area contributed by atoms with Crippen molar-refractivity contribution < 1.29 is 0 Å². The van der Waals surface area contributed by atoms with Crippen LogP contribution >= 0.6 is 23.2 Å². The lowest BCUT2D eigenvalue weighted by Crippen LogP contribution is -1.93. The minimum absolute atomic E-state index is 0.409. The predicted molar refractivity (Wildman–Crippen MR) is 78.5 cm³/mol. The van der Waals surface area contributed by atoms with Crippen LogP contribution in [0.15, 0.2) is 24.3 Å². The van der Waals surface area contributed by atoms with Crippen molar-refractivity contribution in [2.24, 2.45) is 0 Å². The molecule has 2 aromatic heterocycles. The molecule has 0 radical (unpaired) electrons. The van der Waals surface area contributed by atoms with E-state index >= 15 is 0 Å². The molecule has 0 aliphatic heterocycles. The van der Waals surface area contributed by atoms with Crippen molar-refractivity contribution in [1.82, 2.24) is 15.0 Å². The van der Waals surface area contributed by atoms with Gasteiger partial charge in [-0.3, -0.25) is 0 Å². The van der Waals surface area contributed by atoms with Crippen LogP contribution in [-0.4, -0.2) is 15.0 Å². The fourth-order valence-corrected chi connectivity index (χ4v) is 2.39. The molecular weight excluding hydrogens is 283 g/mol. The quantitative estimate of drug-likeness (QED) is 0.670. The number of nitrogen functional groups attached to an aromatic ring is 1. The van der Waals surface area contributed by atoms with Crippen molar-refractivity contribution in [3.05, 3.63) is 40.0 Å². The minimum Gasteiger partial charge on any atom is -0.397 e. The summed E-state index contributed by atoms with van der Waals surface area (Å²) in [5.41, 5.74) is 9.48. The topological polar surface area (TPSA) is 67.6 Å². The Balaban J connectivity index is 2.24. The summed E-state index contributed by atoms with van der Waals surface area (Å²) in [6.45, 7) is 1.92. The highest BCUT2D eigenvalue weighted by atomic mass is 35.5. The maximum atomic E-state index is 6.03. The number of nitrogens with two attached hydrogens (primary N) is 1. The van der Waals surface area contributed by atoms with Crippen molar-refractivity contribution in [2.45, 2.75) is 6.92 Å². The van der Waals surface area contributed by atoms with E-state index in [9.17, 15) is 0 Å². The number of hydrogen-bond acceptors (Lipinski definition) is 3. The molecule has 0 aliphatic carbocycles. The second-order valence-electron chi connectivity index (χ2n) is 4.26. The number of aromatic amines is 1. The molecule has 0 spiro atoms. The molecule has 96 valence electrons. The van der Waals surface area contributed by atoms with Gasteiger partial charge in [0.05, 0.1) is 16.2 Å². The SMILES string of the molecule is Cc1ccc2[nH]c(-c3cc(Cl)cc(Cl)c3N)nc2n1. The van der Waals surface area contributed by atoms with E-state index < -0.39 is 0 Å². The fraction of sp³-hybridized carbons (Fsp3) is 0.0769. The van der Waals surface area contributed by atoms with Crippen molar-refractivity contribution in [2.75, 3.05) is 5.73 Å². The number of nitrogens with one attached hydrogen (secondary N) is 1.